The maximum absolute atomic E-state index is 12.0. The lowest BCUT2D eigenvalue weighted by atomic mass is 10.1. The predicted molar refractivity (Wildman–Crippen MR) is 77.9 cm³/mol. The molecule has 0 atom stereocenters. The second-order valence-corrected chi connectivity index (χ2v) is 5.27. The zero-order valence-corrected chi connectivity index (χ0v) is 11.5. The van der Waals surface area contributed by atoms with Gasteiger partial charge in [0.25, 0.3) is 0 Å². The van der Waals surface area contributed by atoms with E-state index in [4.69, 9.17) is 0 Å². The number of carbonyl (C=O) groups is 1. The Morgan fingerprint density at radius 1 is 1.26 bits per heavy atom. The van der Waals surface area contributed by atoms with Crippen molar-refractivity contribution in [2.75, 3.05) is 42.5 Å². The molecule has 0 unspecified atom stereocenters. The van der Waals surface area contributed by atoms with Crippen LogP contribution in [0.2, 0.25) is 0 Å². The van der Waals surface area contributed by atoms with Crippen molar-refractivity contribution in [2.24, 2.45) is 0 Å². The molecule has 1 aromatic carbocycles. The standard InChI is InChI=1S/C15H21N3O/c1-2-7-18-14-4-3-13(10-12(14)11-15(18)19)17-8-5-16-6-9-17/h3-4,10,16H,2,5-9,11H2,1H3. The van der Waals surface area contributed by atoms with Gasteiger partial charge in [0.05, 0.1) is 6.42 Å². The molecule has 2 aliphatic heterocycles. The summed E-state index contributed by atoms with van der Waals surface area (Å²) in [5, 5.41) is 3.36. The number of hydrogen-bond donors (Lipinski definition) is 1. The summed E-state index contributed by atoms with van der Waals surface area (Å²) >= 11 is 0. The number of carbonyl (C=O) groups excluding carboxylic acids is 1. The fourth-order valence-electron chi connectivity index (χ4n) is 2.96. The molecule has 1 fully saturated rings. The molecule has 19 heavy (non-hydrogen) atoms. The van der Waals surface area contributed by atoms with Gasteiger partial charge < -0.3 is 15.1 Å². The lowest BCUT2D eigenvalue weighted by molar-refractivity contribution is -0.117. The van der Waals surface area contributed by atoms with Crippen molar-refractivity contribution in [3.8, 4) is 0 Å². The van der Waals surface area contributed by atoms with Gasteiger partial charge in [-0.15, -0.1) is 0 Å². The van der Waals surface area contributed by atoms with Crippen LogP contribution in [0.1, 0.15) is 18.9 Å². The second-order valence-electron chi connectivity index (χ2n) is 5.27. The first-order valence-electron chi connectivity index (χ1n) is 7.18. The molecule has 1 amide bonds. The summed E-state index contributed by atoms with van der Waals surface area (Å²) in [6.07, 6.45) is 1.57. The quantitative estimate of drug-likeness (QED) is 0.891. The van der Waals surface area contributed by atoms with Crippen molar-refractivity contribution in [3.05, 3.63) is 23.8 Å². The summed E-state index contributed by atoms with van der Waals surface area (Å²) < 4.78 is 0. The first kappa shape index (κ1) is 12.5. The van der Waals surface area contributed by atoms with Gasteiger partial charge in [-0.25, -0.2) is 0 Å². The molecule has 0 saturated carbocycles. The Morgan fingerprint density at radius 3 is 2.79 bits per heavy atom. The van der Waals surface area contributed by atoms with Crippen LogP contribution in [0.5, 0.6) is 0 Å². The van der Waals surface area contributed by atoms with Crippen molar-refractivity contribution < 1.29 is 4.79 Å². The molecule has 1 N–H and O–H groups in total. The number of hydrogen-bond acceptors (Lipinski definition) is 3. The molecule has 1 aromatic rings. The van der Waals surface area contributed by atoms with Crippen molar-refractivity contribution in [3.63, 3.8) is 0 Å². The lowest BCUT2D eigenvalue weighted by Crippen LogP contribution is -2.43. The van der Waals surface area contributed by atoms with Crippen LogP contribution in [0, 0.1) is 0 Å². The minimum Gasteiger partial charge on any atom is -0.369 e. The van der Waals surface area contributed by atoms with Crippen molar-refractivity contribution in [1.82, 2.24) is 5.32 Å². The number of anilines is 2. The summed E-state index contributed by atoms with van der Waals surface area (Å²) in [6, 6.07) is 6.48. The zero-order chi connectivity index (χ0) is 13.2. The van der Waals surface area contributed by atoms with E-state index in [1.54, 1.807) is 0 Å². The fraction of sp³-hybridized carbons (Fsp3) is 0.533. The van der Waals surface area contributed by atoms with Crippen molar-refractivity contribution >= 4 is 17.3 Å². The van der Waals surface area contributed by atoms with E-state index in [1.807, 2.05) is 4.90 Å². The number of nitrogens with one attached hydrogen (secondary N) is 1. The Kier molecular flexibility index (Phi) is 3.42. The van der Waals surface area contributed by atoms with Gasteiger partial charge >= 0.3 is 0 Å². The number of piperazine rings is 1. The molecule has 0 aliphatic carbocycles. The van der Waals surface area contributed by atoms with E-state index in [0.717, 1.165) is 44.8 Å². The smallest absolute Gasteiger partial charge is 0.231 e. The third kappa shape index (κ3) is 2.32. The van der Waals surface area contributed by atoms with Crippen LogP contribution in [0.15, 0.2) is 18.2 Å². The van der Waals surface area contributed by atoms with E-state index in [0.29, 0.717) is 6.42 Å². The highest BCUT2D eigenvalue weighted by molar-refractivity contribution is 6.01. The number of nitrogens with zero attached hydrogens (tertiary/aromatic N) is 2. The second kappa shape index (κ2) is 5.21. The molecular formula is C15H21N3O. The Hall–Kier alpha value is -1.55. The van der Waals surface area contributed by atoms with Gasteiger partial charge in [-0.1, -0.05) is 6.92 Å². The average molecular weight is 259 g/mol. The van der Waals surface area contributed by atoms with Crippen LogP contribution < -0.4 is 15.1 Å². The predicted octanol–water partition coefficient (Wildman–Crippen LogP) is 1.40. The first-order chi connectivity index (χ1) is 9.29. The normalized spacial score (nSPS) is 18.9. The van der Waals surface area contributed by atoms with Crippen LogP contribution in [0.4, 0.5) is 11.4 Å². The average Bonchev–Trinajstić information content (AvgIpc) is 2.76. The van der Waals surface area contributed by atoms with E-state index < -0.39 is 0 Å². The number of amides is 1. The van der Waals surface area contributed by atoms with Gasteiger partial charge in [-0.3, -0.25) is 4.79 Å². The molecule has 2 heterocycles. The maximum Gasteiger partial charge on any atom is 0.231 e. The third-order valence-corrected chi connectivity index (χ3v) is 3.93. The largest absolute Gasteiger partial charge is 0.369 e. The maximum atomic E-state index is 12.0. The van der Waals surface area contributed by atoms with Crippen LogP contribution in [-0.2, 0) is 11.2 Å². The van der Waals surface area contributed by atoms with Gasteiger partial charge in [0.15, 0.2) is 0 Å². The number of rotatable bonds is 3. The van der Waals surface area contributed by atoms with Crippen molar-refractivity contribution in [2.45, 2.75) is 19.8 Å². The molecule has 4 heteroatoms. The highest BCUT2D eigenvalue weighted by Crippen LogP contribution is 2.32. The Bertz CT molecular complexity index is 480. The molecule has 4 nitrogen and oxygen atoms in total. The topological polar surface area (TPSA) is 35.6 Å². The van der Waals surface area contributed by atoms with Crippen LogP contribution in [0.3, 0.4) is 0 Å². The molecule has 102 valence electrons. The van der Waals surface area contributed by atoms with E-state index in [1.165, 1.54) is 11.3 Å². The van der Waals surface area contributed by atoms with Crippen LogP contribution >= 0.6 is 0 Å². The van der Waals surface area contributed by atoms with Crippen LogP contribution in [-0.4, -0.2) is 38.6 Å². The Morgan fingerprint density at radius 2 is 2.05 bits per heavy atom. The molecule has 3 rings (SSSR count). The van der Waals surface area contributed by atoms with E-state index in [2.05, 4.69) is 35.3 Å². The Balaban J connectivity index is 1.85. The molecule has 0 spiro atoms. The monoisotopic (exact) mass is 259 g/mol. The summed E-state index contributed by atoms with van der Waals surface area (Å²) in [5.74, 6) is 0.245. The third-order valence-electron chi connectivity index (χ3n) is 3.93. The number of benzene rings is 1. The minimum atomic E-state index is 0.245. The molecule has 2 aliphatic rings. The molecular weight excluding hydrogens is 238 g/mol. The van der Waals surface area contributed by atoms with Gasteiger partial charge in [0.2, 0.25) is 5.91 Å². The first-order valence-corrected chi connectivity index (χ1v) is 7.18. The van der Waals surface area contributed by atoms with Crippen LogP contribution in [0.25, 0.3) is 0 Å². The molecule has 1 saturated heterocycles. The Labute approximate surface area is 114 Å². The van der Waals surface area contributed by atoms with Gasteiger partial charge in [-0.2, -0.15) is 0 Å². The molecule has 0 aromatic heterocycles. The zero-order valence-electron chi connectivity index (χ0n) is 11.5. The number of fused-ring (bicyclic) bond motifs is 1. The van der Waals surface area contributed by atoms with E-state index in [9.17, 15) is 4.79 Å². The highest BCUT2D eigenvalue weighted by Gasteiger charge is 2.27. The van der Waals surface area contributed by atoms with Gasteiger partial charge in [-0.05, 0) is 30.2 Å². The summed E-state index contributed by atoms with van der Waals surface area (Å²) in [6.45, 7) is 7.12. The lowest BCUT2D eigenvalue weighted by Gasteiger charge is -2.30. The fourth-order valence-corrected chi connectivity index (χ4v) is 2.96. The van der Waals surface area contributed by atoms with E-state index >= 15 is 0 Å². The highest BCUT2D eigenvalue weighted by atomic mass is 16.2. The van der Waals surface area contributed by atoms with E-state index in [-0.39, 0.29) is 5.91 Å². The summed E-state index contributed by atoms with van der Waals surface area (Å²) in [7, 11) is 0. The molecule has 0 bridgehead atoms. The minimum absolute atomic E-state index is 0.245. The van der Waals surface area contributed by atoms with Crippen molar-refractivity contribution in [1.29, 1.82) is 0 Å². The molecule has 0 radical (unpaired) electrons. The van der Waals surface area contributed by atoms with Gasteiger partial charge in [0, 0.05) is 44.1 Å². The SMILES string of the molecule is CCCN1C(=O)Cc2cc(N3CCNCC3)ccc21. The summed E-state index contributed by atoms with van der Waals surface area (Å²) in [4.78, 5) is 16.3. The van der Waals surface area contributed by atoms with Gasteiger partial charge in [0.1, 0.15) is 0 Å². The summed E-state index contributed by atoms with van der Waals surface area (Å²) in [5.41, 5.74) is 3.56.